The normalized spacial score (nSPS) is 53.5. The van der Waals surface area contributed by atoms with Crippen molar-refractivity contribution in [1.29, 1.82) is 0 Å². The summed E-state index contributed by atoms with van der Waals surface area (Å²) in [6, 6.07) is 0. The quantitative estimate of drug-likeness (QED) is 0.158. The Morgan fingerprint density at radius 1 is 0.383 bits per heavy atom. The fraction of sp³-hybridized carbons (Fsp3) is 0.941. The van der Waals surface area contributed by atoms with E-state index in [1.165, 1.54) is 70.6 Å². The maximum absolute atomic E-state index is 12.7. The number of rotatable bonds is 2. The van der Waals surface area contributed by atoms with Gasteiger partial charge in [0.25, 0.3) is 0 Å². The van der Waals surface area contributed by atoms with Gasteiger partial charge in [-0.25, -0.2) is 0 Å². The summed E-state index contributed by atoms with van der Waals surface area (Å²) >= 11 is 0. The van der Waals surface area contributed by atoms with Gasteiger partial charge in [0.15, 0.2) is 0 Å². The maximum atomic E-state index is 12.7. The van der Waals surface area contributed by atoms with Crippen LogP contribution in [0.4, 0.5) is 0 Å². The summed E-state index contributed by atoms with van der Waals surface area (Å²) in [4.78, 5) is 25.0. The first kappa shape index (κ1) is 33.3. The maximum Gasteiger partial charge on any atom is 2.00 e. The Labute approximate surface area is 289 Å². The molecule has 4 aliphatic carbocycles. The summed E-state index contributed by atoms with van der Waals surface area (Å²) in [5, 5.41) is 57.1. The van der Waals surface area contributed by atoms with Gasteiger partial charge in [0, 0.05) is 29.7 Å². The first-order valence-electron chi connectivity index (χ1n) is 18.9. The van der Waals surface area contributed by atoms with Gasteiger partial charge in [-0.05, 0) is 92.8 Å². The standard InChI is InChI=1S/C34H56N8O4.Cu/c43-33(44)22-14-13-21-23(24(22)34(45)46)32-41-30-20-12-6-5-11-19(20)28(39-30)37-26-16-8-2-1-7-15(16)25(35-26)36-27-17-9-3-4-10-18(17)29(38-27)40-31(21)42-32;/h15-32,35-42H,1-14H2,(H,43,44)(H,45,46);/q;+2/p-2. The van der Waals surface area contributed by atoms with Crippen LogP contribution in [0.2, 0.25) is 0 Å². The molecule has 5 heterocycles. The minimum absolute atomic E-state index is 0. The number of fused-ring (bicyclic) bond motifs is 20. The monoisotopic (exact) mass is 701 g/mol. The van der Waals surface area contributed by atoms with Crippen molar-refractivity contribution in [3.8, 4) is 0 Å². The van der Waals surface area contributed by atoms with E-state index in [9.17, 15) is 19.8 Å². The summed E-state index contributed by atoms with van der Waals surface area (Å²) in [6.07, 6.45) is 16.2. The van der Waals surface area contributed by atoms with E-state index in [-0.39, 0.29) is 72.3 Å². The summed E-state index contributed by atoms with van der Waals surface area (Å²) < 4.78 is 0. The topological polar surface area (TPSA) is 176 Å². The van der Waals surface area contributed by atoms with Crippen LogP contribution < -0.4 is 52.7 Å². The third-order valence-corrected chi connectivity index (χ3v) is 14.6. The Kier molecular flexibility index (Phi) is 9.46. The molecule has 0 spiro atoms. The van der Waals surface area contributed by atoms with Crippen molar-refractivity contribution in [3.63, 3.8) is 0 Å². The zero-order chi connectivity index (χ0) is 31.1. The number of carboxylic acid groups (broad SMARTS) is 2. The van der Waals surface area contributed by atoms with Gasteiger partial charge in [-0.15, -0.1) is 0 Å². The number of aliphatic carboxylic acids is 2. The third kappa shape index (κ3) is 5.72. The molecule has 4 saturated carbocycles. The molecule has 8 N–H and O–H groups in total. The number of hydrogen-bond donors (Lipinski definition) is 8. The number of nitrogens with one attached hydrogen (secondary N) is 8. The van der Waals surface area contributed by atoms with Gasteiger partial charge in [-0.1, -0.05) is 38.5 Å². The molecule has 47 heavy (non-hydrogen) atoms. The first-order chi connectivity index (χ1) is 22.4. The molecule has 1 radical (unpaired) electrons. The average molecular weight is 702 g/mol. The minimum Gasteiger partial charge on any atom is -0.550 e. The van der Waals surface area contributed by atoms with E-state index < -0.39 is 29.7 Å². The molecule has 0 aromatic rings. The van der Waals surface area contributed by atoms with Crippen molar-refractivity contribution < 1.29 is 36.9 Å². The summed E-state index contributed by atoms with van der Waals surface area (Å²) in [6.45, 7) is 0. The number of hydrogen-bond acceptors (Lipinski definition) is 12. The third-order valence-electron chi connectivity index (χ3n) is 14.6. The van der Waals surface area contributed by atoms with Crippen molar-refractivity contribution in [2.24, 2.45) is 59.2 Å². The molecule has 18 unspecified atom stereocenters. The predicted octanol–water partition coefficient (Wildman–Crippen LogP) is -1.44. The molecule has 9 rings (SSSR count). The second-order valence-corrected chi connectivity index (χ2v) is 16.6. The van der Waals surface area contributed by atoms with E-state index in [1.54, 1.807) is 0 Å². The average Bonchev–Trinajstić information content (AvgIpc) is 3.80. The SMILES string of the molecule is O=C([O-])C1CCC2C3NC4NC(NC5NC(NC6NC(NC(N3)C2C1C(=O)[O-])C1CCCCC61)C1CCCCC51)C1CCCCC41.[Cu+2]. The molecule has 18 atom stereocenters. The smallest absolute Gasteiger partial charge is 0.550 e. The second kappa shape index (κ2) is 13.4. The minimum atomic E-state index is -1.27. The zero-order valence-electron chi connectivity index (χ0n) is 27.2. The molecule has 265 valence electrons. The van der Waals surface area contributed by atoms with Crippen molar-refractivity contribution in [2.75, 3.05) is 0 Å². The Morgan fingerprint density at radius 2 is 0.681 bits per heavy atom. The largest absolute Gasteiger partial charge is 2.00 e. The van der Waals surface area contributed by atoms with Crippen LogP contribution in [0.5, 0.6) is 0 Å². The predicted molar refractivity (Wildman–Crippen MR) is 165 cm³/mol. The molecule has 8 bridgehead atoms. The van der Waals surface area contributed by atoms with Crippen molar-refractivity contribution in [1.82, 2.24) is 42.5 Å². The molecule has 9 aliphatic rings. The van der Waals surface area contributed by atoms with Crippen molar-refractivity contribution >= 4 is 11.9 Å². The molecule has 0 aromatic heterocycles. The first-order valence-corrected chi connectivity index (χ1v) is 18.9. The van der Waals surface area contributed by atoms with E-state index in [4.69, 9.17) is 0 Å². The molecule has 5 saturated heterocycles. The van der Waals surface area contributed by atoms with Gasteiger partial charge in [-0.3, -0.25) is 42.5 Å². The fourth-order valence-corrected chi connectivity index (χ4v) is 12.6. The second-order valence-electron chi connectivity index (χ2n) is 16.6. The van der Waals surface area contributed by atoms with E-state index in [2.05, 4.69) is 42.5 Å². The molecular formula is C34H54CuN8O4. The zero-order valence-corrected chi connectivity index (χ0v) is 28.2. The van der Waals surface area contributed by atoms with Crippen LogP contribution >= 0.6 is 0 Å². The Hall–Kier alpha value is -0.861. The summed E-state index contributed by atoms with van der Waals surface area (Å²) in [7, 11) is 0. The van der Waals surface area contributed by atoms with E-state index in [1.807, 2.05) is 0 Å². The van der Waals surface area contributed by atoms with Crippen LogP contribution in [0.25, 0.3) is 0 Å². The molecular weight excluding hydrogens is 648 g/mol. The Morgan fingerprint density at radius 3 is 0.979 bits per heavy atom. The number of carbonyl (C=O) groups excluding carboxylic acids is 2. The number of carboxylic acids is 2. The van der Waals surface area contributed by atoms with Gasteiger partial charge >= 0.3 is 17.1 Å². The van der Waals surface area contributed by atoms with Crippen LogP contribution in [0.1, 0.15) is 89.9 Å². The van der Waals surface area contributed by atoms with Crippen LogP contribution in [0.3, 0.4) is 0 Å². The van der Waals surface area contributed by atoms with E-state index in [0.29, 0.717) is 48.3 Å². The van der Waals surface area contributed by atoms with Gasteiger partial charge in [0.05, 0.1) is 49.3 Å². The molecule has 13 heteroatoms. The van der Waals surface area contributed by atoms with Crippen LogP contribution in [-0.2, 0) is 26.7 Å². The fourth-order valence-electron chi connectivity index (χ4n) is 12.6. The van der Waals surface area contributed by atoms with Gasteiger partial charge in [0.2, 0.25) is 0 Å². The Bertz CT molecular complexity index is 1180. The van der Waals surface area contributed by atoms with Gasteiger partial charge in [0.1, 0.15) is 0 Å². The summed E-state index contributed by atoms with van der Waals surface area (Å²) in [5.74, 6) is -1.95. The molecule has 0 amide bonds. The van der Waals surface area contributed by atoms with Gasteiger partial charge in [-0.2, -0.15) is 0 Å². The molecule has 0 aromatic carbocycles. The molecule has 5 aliphatic heterocycles. The number of carbonyl (C=O) groups is 2. The van der Waals surface area contributed by atoms with Crippen molar-refractivity contribution in [3.05, 3.63) is 0 Å². The van der Waals surface area contributed by atoms with Crippen molar-refractivity contribution in [2.45, 2.75) is 139 Å². The van der Waals surface area contributed by atoms with Gasteiger partial charge < -0.3 is 19.8 Å². The summed E-state index contributed by atoms with van der Waals surface area (Å²) in [5.41, 5.74) is 0. The van der Waals surface area contributed by atoms with Crippen LogP contribution in [0.15, 0.2) is 0 Å². The van der Waals surface area contributed by atoms with Crippen LogP contribution in [0, 0.1) is 59.2 Å². The molecule has 9 fully saturated rings. The van der Waals surface area contributed by atoms with E-state index in [0.717, 1.165) is 6.42 Å². The van der Waals surface area contributed by atoms with Crippen LogP contribution in [-0.4, -0.2) is 61.3 Å². The molecule has 12 nitrogen and oxygen atoms in total. The van der Waals surface area contributed by atoms with E-state index >= 15 is 0 Å². The Balaban J connectivity index is 0.00000324.